The van der Waals surface area contributed by atoms with Crippen molar-refractivity contribution in [3.63, 3.8) is 0 Å². The van der Waals surface area contributed by atoms with Crippen molar-refractivity contribution in [2.45, 2.75) is 6.54 Å². The fourth-order valence-electron chi connectivity index (χ4n) is 2.22. The maximum atomic E-state index is 12.3. The van der Waals surface area contributed by atoms with E-state index in [4.69, 9.17) is 21.1 Å². The van der Waals surface area contributed by atoms with Crippen LogP contribution < -0.4 is 9.47 Å². The van der Waals surface area contributed by atoms with E-state index < -0.39 is 0 Å². The van der Waals surface area contributed by atoms with Crippen molar-refractivity contribution in [3.8, 4) is 11.5 Å². The SMILES string of the molecule is COc1ccc(OC)c(/C=C/C(=O)N(C)Cc2ccccc2Cl)c1. The van der Waals surface area contributed by atoms with Crippen molar-refractivity contribution >= 4 is 23.6 Å². The third-order valence-electron chi connectivity index (χ3n) is 3.58. The molecule has 0 heterocycles. The minimum absolute atomic E-state index is 0.125. The van der Waals surface area contributed by atoms with Gasteiger partial charge in [0.05, 0.1) is 14.2 Å². The highest BCUT2D eigenvalue weighted by Gasteiger charge is 2.09. The first-order chi connectivity index (χ1) is 11.5. The monoisotopic (exact) mass is 345 g/mol. The summed E-state index contributed by atoms with van der Waals surface area (Å²) in [6.07, 6.45) is 3.22. The highest BCUT2D eigenvalue weighted by Crippen LogP contribution is 2.25. The molecule has 1 amide bonds. The van der Waals surface area contributed by atoms with Crippen molar-refractivity contribution in [1.82, 2.24) is 4.90 Å². The standard InChI is InChI=1S/C19H20ClNO3/c1-21(13-15-6-4-5-7-17(15)20)19(22)11-8-14-12-16(23-2)9-10-18(14)24-3/h4-12H,13H2,1-3H3/b11-8+. The van der Waals surface area contributed by atoms with E-state index >= 15 is 0 Å². The maximum Gasteiger partial charge on any atom is 0.246 e. The number of carbonyl (C=O) groups excluding carboxylic acids is 1. The van der Waals surface area contributed by atoms with E-state index in [9.17, 15) is 4.79 Å². The Morgan fingerprint density at radius 2 is 1.92 bits per heavy atom. The van der Waals surface area contributed by atoms with Crippen LogP contribution in [0.5, 0.6) is 11.5 Å². The lowest BCUT2D eigenvalue weighted by atomic mass is 10.1. The van der Waals surface area contributed by atoms with Gasteiger partial charge in [-0.25, -0.2) is 0 Å². The highest BCUT2D eigenvalue weighted by atomic mass is 35.5. The summed E-state index contributed by atoms with van der Waals surface area (Å²) in [7, 11) is 4.92. The summed E-state index contributed by atoms with van der Waals surface area (Å²) < 4.78 is 10.5. The average molecular weight is 346 g/mol. The molecule has 0 aliphatic rings. The molecule has 0 aliphatic heterocycles. The Kier molecular flexibility index (Phi) is 6.27. The predicted molar refractivity (Wildman–Crippen MR) is 96.5 cm³/mol. The Morgan fingerprint density at radius 1 is 1.17 bits per heavy atom. The van der Waals surface area contributed by atoms with Gasteiger partial charge in [-0.1, -0.05) is 29.8 Å². The summed E-state index contributed by atoms with van der Waals surface area (Å²) in [5.74, 6) is 1.25. The van der Waals surface area contributed by atoms with Gasteiger partial charge in [-0.15, -0.1) is 0 Å². The summed E-state index contributed by atoms with van der Waals surface area (Å²) >= 11 is 6.13. The summed E-state index contributed by atoms with van der Waals surface area (Å²) in [5.41, 5.74) is 1.68. The number of methoxy groups -OCH3 is 2. The van der Waals surface area contributed by atoms with Crippen LogP contribution in [-0.2, 0) is 11.3 Å². The molecule has 0 saturated carbocycles. The Morgan fingerprint density at radius 3 is 2.58 bits per heavy atom. The molecule has 0 bridgehead atoms. The molecule has 0 unspecified atom stereocenters. The first kappa shape index (κ1) is 17.9. The van der Waals surface area contributed by atoms with E-state index in [1.54, 1.807) is 38.3 Å². The number of halogens is 1. The van der Waals surface area contributed by atoms with Crippen molar-refractivity contribution < 1.29 is 14.3 Å². The minimum atomic E-state index is -0.125. The summed E-state index contributed by atoms with van der Waals surface area (Å²) in [5, 5.41) is 0.649. The molecular formula is C19H20ClNO3. The molecule has 4 nitrogen and oxygen atoms in total. The van der Waals surface area contributed by atoms with E-state index in [1.807, 2.05) is 36.4 Å². The van der Waals surface area contributed by atoms with Gasteiger partial charge >= 0.3 is 0 Å². The van der Waals surface area contributed by atoms with Gasteiger partial charge in [-0.2, -0.15) is 0 Å². The van der Waals surface area contributed by atoms with Gasteiger partial charge in [0.15, 0.2) is 0 Å². The molecule has 0 spiro atoms. The molecule has 0 radical (unpaired) electrons. The maximum absolute atomic E-state index is 12.3. The fraction of sp³-hybridized carbons (Fsp3) is 0.211. The third-order valence-corrected chi connectivity index (χ3v) is 3.95. The number of hydrogen-bond acceptors (Lipinski definition) is 3. The summed E-state index contributed by atoms with van der Waals surface area (Å²) in [4.78, 5) is 13.9. The lowest BCUT2D eigenvalue weighted by Gasteiger charge is -2.16. The van der Waals surface area contributed by atoms with Gasteiger partial charge in [0.25, 0.3) is 0 Å². The Bertz CT molecular complexity index is 743. The molecule has 2 aromatic carbocycles. The molecule has 5 heteroatoms. The second-order valence-corrected chi connectivity index (χ2v) is 5.63. The summed E-state index contributed by atoms with van der Waals surface area (Å²) in [6, 6.07) is 12.9. The number of amides is 1. The Hall–Kier alpha value is -2.46. The Balaban J connectivity index is 2.11. The van der Waals surface area contributed by atoms with Gasteiger partial charge in [0.2, 0.25) is 5.91 Å². The van der Waals surface area contributed by atoms with Crippen molar-refractivity contribution in [3.05, 3.63) is 64.7 Å². The van der Waals surface area contributed by atoms with Gasteiger partial charge in [0, 0.05) is 30.3 Å². The highest BCUT2D eigenvalue weighted by molar-refractivity contribution is 6.31. The molecule has 24 heavy (non-hydrogen) atoms. The van der Waals surface area contributed by atoms with E-state index in [-0.39, 0.29) is 5.91 Å². The molecule has 126 valence electrons. The fourth-order valence-corrected chi connectivity index (χ4v) is 2.41. The average Bonchev–Trinajstić information content (AvgIpc) is 2.61. The van der Waals surface area contributed by atoms with E-state index in [0.29, 0.717) is 23.1 Å². The first-order valence-electron chi connectivity index (χ1n) is 7.43. The van der Waals surface area contributed by atoms with Crippen molar-refractivity contribution in [1.29, 1.82) is 0 Å². The normalized spacial score (nSPS) is 10.7. The van der Waals surface area contributed by atoms with Crippen LogP contribution in [0.15, 0.2) is 48.5 Å². The second kappa shape index (κ2) is 8.41. The van der Waals surface area contributed by atoms with Crippen LogP contribution in [-0.4, -0.2) is 32.1 Å². The van der Waals surface area contributed by atoms with E-state index in [0.717, 1.165) is 11.1 Å². The van der Waals surface area contributed by atoms with Crippen LogP contribution in [0.3, 0.4) is 0 Å². The van der Waals surface area contributed by atoms with Crippen LogP contribution >= 0.6 is 11.6 Å². The van der Waals surface area contributed by atoms with E-state index in [1.165, 1.54) is 6.08 Å². The number of nitrogens with zero attached hydrogens (tertiary/aromatic N) is 1. The molecule has 0 saturated heterocycles. The molecule has 0 aliphatic carbocycles. The lowest BCUT2D eigenvalue weighted by Crippen LogP contribution is -2.24. The van der Waals surface area contributed by atoms with E-state index in [2.05, 4.69) is 0 Å². The first-order valence-corrected chi connectivity index (χ1v) is 7.81. The number of likely N-dealkylation sites (N-methyl/N-ethyl adjacent to an activating group) is 1. The molecular weight excluding hydrogens is 326 g/mol. The van der Waals surface area contributed by atoms with Crippen molar-refractivity contribution in [2.75, 3.05) is 21.3 Å². The van der Waals surface area contributed by atoms with Crippen LogP contribution in [0.4, 0.5) is 0 Å². The number of hydrogen-bond donors (Lipinski definition) is 0. The molecule has 0 atom stereocenters. The zero-order valence-corrected chi connectivity index (χ0v) is 14.7. The quantitative estimate of drug-likeness (QED) is 0.742. The molecule has 0 N–H and O–H groups in total. The molecule has 0 aromatic heterocycles. The largest absolute Gasteiger partial charge is 0.497 e. The number of rotatable bonds is 6. The van der Waals surface area contributed by atoms with Crippen molar-refractivity contribution in [2.24, 2.45) is 0 Å². The molecule has 2 aromatic rings. The number of ether oxygens (including phenoxy) is 2. The van der Waals surface area contributed by atoms with Gasteiger partial charge in [0.1, 0.15) is 11.5 Å². The zero-order chi connectivity index (χ0) is 17.5. The minimum Gasteiger partial charge on any atom is -0.497 e. The second-order valence-electron chi connectivity index (χ2n) is 5.23. The van der Waals surface area contributed by atoms with Crippen LogP contribution in [0, 0.1) is 0 Å². The van der Waals surface area contributed by atoms with Crippen LogP contribution in [0.25, 0.3) is 6.08 Å². The molecule has 0 fully saturated rings. The number of benzene rings is 2. The van der Waals surface area contributed by atoms with Gasteiger partial charge in [-0.3, -0.25) is 4.79 Å². The lowest BCUT2D eigenvalue weighted by molar-refractivity contribution is -0.125. The number of carbonyl (C=O) groups is 1. The zero-order valence-electron chi connectivity index (χ0n) is 14.0. The van der Waals surface area contributed by atoms with Crippen LogP contribution in [0.1, 0.15) is 11.1 Å². The smallest absolute Gasteiger partial charge is 0.246 e. The molecule has 2 rings (SSSR count). The predicted octanol–water partition coefficient (Wildman–Crippen LogP) is 4.03. The summed E-state index contributed by atoms with van der Waals surface area (Å²) in [6.45, 7) is 0.443. The topological polar surface area (TPSA) is 38.8 Å². The van der Waals surface area contributed by atoms with Crippen LogP contribution in [0.2, 0.25) is 5.02 Å². The van der Waals surface area contributed by atoms with Gasteiger partial charge in [-0.05, 0) is 35.9 Å². The van der Waals surface area contributed by atoms with Gasteiger partial charge < -0.3 is 14.4 Å². The Labute approximate surface area is 147 Å². The third kappa shape index (κ3) is 4.52.